The second-order valence-corrected chi connectivity index (χ2v) is 6.35. The number of hydrogen-bond acceptors (Lipinski definition) is 4. The quantitative estimate of drug-likeness (QED) is 0.925. The molecular formula is C17H25NO3. The van der Waals surface area contributed by atoms with Crippen molar-refractivity contribution in [2.45, 2.75) is 51.0 Å². The Balaban J connectivity index is 1.68. The van der Waals surface area contributed by atoms with E-state index >= 15 is 0 Å². The maximum absolute atomic E-state index is 10.6. The van der Waals surface area contributed by atoms with E-state index in [9.17, 15) is 5.11 Å². The Morgan fingerprint density at radius 3 is 3.05 bits per heavy atom. The number of hydrogen-bond donors (Lipinski definition) is 1. The monoisotopic (exact) mass is 291 g/mol. The zero-order chi connectivity index (χ0) is 14.8. The van der Waals surface area contributed by atoms with Crippen LogP contribution in [0.1, 0.15) is 38.4 Å². The molecule has 2 saturated heterocycles. The standard InChI is InChI=1S/C17H25NO3/c1-12(2)21-15-7-3-5-13(9-15)17(19)16-10-18-8-4-6-14(18)11-20-16/h3,5,7,9,12,14,16-17,19H,4,6,8,10-11H2,1-2H3. The smallest absolute Gasteiger partial charge is 0.120 e. The third kappa shape index (κ3) is 3.39. The summed E-state index contributed by atoms with van der Waals surface area (Å²) in [6, 6.07) is 8.28. The van der Waals surface area contributed by atoms with Crippen molar-refractivity contribution in [3.63, 3.8) is 0 Å². The second-order valence-electron chi connectivity index (χ2n) is 6.35. The van der Waals surface area contributed by atoms with E-state index in [1.807, 2.05) is 38.1 Å². The first-order valence-corrected chi connectivity index (χ1v) is 7.94. The van der Waals surface area contributed by atoms with Gasteiger partial charge in [-0.15, -0.1) is 0 Å². The molecular weight excluding hydrogens is 266 g/mol. The minimum Gasteiger partial charge on any atom is -0.491 e. The number of benzene rings is 1. The summed E-state index contributed by atoms with van der Waals surface area (Å²) < 4.78 is 11.6. The molecule has 21 heavy (non-hydrogen) atoms. The van der Waals surface area contributed by atoms with Crippen molar-refractivity contribution in [1.82, 2.24) is 4.90 Å². The number of aliphatic hydroxyl groups excluding tert-OH is 1. The van der Waals surface area contributed by atoms with Gasteiger partial charge in [0.15, 0.2) is 0 Å². The molecule has 0 spiro atoms. The van der Waals surface area contributed by atoms with E-state index in [0.717, 1.165) is 31.0 Å². The van der Waals surface area contributed by atoms with E-state index in [2.05, 4.69) is 4.90 Å². The highest BCUT2D eigenvalue weighted by atomic mass is 16.5. The van der Waals surface area contributed by atoms with Crippen LogP contribution in [0.5, 0.6) is 5.75 Å². The zero-order valence-corrected chi connectivity index (χ0v) is 12.9. The largest absolute Gasteiger partial charge is 0.491 e. The molecule has 0 bridgehead atoms. The van der Waals surface area contributed by atoms with Crippen molar-refractivity contribution in [3.8, 4) is 5.75 Å². The molecule has 0 saturated carbocycles. The molecule has 0 radical (unpaired) electrons. The van der Waals surface area contributed by atoms with Gasteiger partial charge in [0.2, 0.25) is 0 Å². The SMILES string of the molecule is CC(C)Oc1cccc(C(O)C2CN3CCCC3CO2)c1. The first kappa shape index (κ1) is 14.8. The predicted molar refractivity (Wildman–Crippen MR) is 81.5 cm³/mol. The average molecular weight is 291 g/mol. The molecule has 2 fully saturated rings. The van der Waals surface area contributed by atoms with Crippen molar-refractivity contribution in [2.75, 3.05) is 19.7 Å². The Labute approximate surface area is 126 Å². The molecule has 0 amide bonds. The fraction of sp³-hybridized carbons (Fsp3) is 0.647. The van der Waals surface area contributed by atoms with E-state index in [1.165, 1.54) is 12.8 Å². The molecule has 2 aliphatic heterocycles. The van der Waals surface area contributed by atoms with E-state index in [0.29, 0.717) is 6.04 Å². The van der Waals surface area contributed by atoms with Gasteiger partial charge in [-0.3, -0.25) is 4.90 Å². The molecule has 2 aliphatic rings. The third-order valence-electron chi connectivity index (χ3n) is 4.34. The Hall–Kier alpha value is -1.10. The van der Waals surface area contributed by atoms with Gasteiger partial charge in [-0.1, -0.05) is 12.1 Å². The summed E-state index contributed by atoms with van der Waals surface area (Å²) in [5.41, 5.74) is 0.871. The molecule has 3 atom stereocenters. The van der Waals surface area contributed by atoms with Crippen LogP contribution in [0.25, 0.3) is 0 Å². The van der Waals surface area contributed by atoms with Gasteiger partial charge in [-0.25, -0.2) is 0 Å². The lowest BCUT2D eigenvalue weighted by atomic mass is 10.0. The molecule has 1 aromatic carbocycles. The summed E-state index contributed by atoms with van der Waals surface area (Å²) in [5.74, 6) is 0.802. The predicted octanol–water partition coefficient (Wildman–Crippen LogP) is 2.37. The molecule has 1 aromatic rings. The first-order valence-electron chi connectivity index (χ1n) is 7.94. The van der Waals surface area contributed by atoms with Crippen LogP contribution in [0.2, 0.25) is 0 Å². The van der Waals surface area contributed by atoms with Gasteiger partial charge in [0.25, 0.3) is 0 Å². The molecule has 0 aliphatic carbocycles. The number of fused-ring (bicyclic) bond motifs is 1. The summed E-state index contributed by atoms with van der Waals surface area (Å²) in [4.78, 5) is 2.45. The summed E-state index contributed by atoms with van der Waals surface area (Å²) >= 11 is 0. The highest BCUT2D eigenvalue weighted by molar-refractivity contribution is 5.30. The minimum absolute atomic E-state index is 0.133. The number of morpholine rings is 1. The summed E-state index contributed by atoms with van der Waals surface area (Å²) in [6.45, 7) is 6.69. The van der Waals surface area contributed by atoms with Gasteiger partial charge in [0, 0.05) is 12.6 Å². The Morgan fingerprint density at radius 1 is 1.38 bits per heavy atom. The van der Waals surface area contributed by atoms with Gasteiger partial charge in [-0.05, 0) is 50.9 Å². The van der Waals surface area contributed by atoms with Crippen LogP contribution in [0.3, 0.4) is 0 Å². The fourth-order valence-electron chi connectivity index (χ4n) is 3.29. The van der Waals surface area contributed by atoms with Crippen LogP contribution in [0.4, 0.5) is 0 Å². The van der Waals surface area contributed by atoms with Crippen LogP contribution in [-0.4, -0.2) is 48.0 Å². The molecule has 1 N–H and O–H groups in total. The zero-order valence-electron chi connectivity index (χ0n) is 12.9. The van der Waals surface area contributed by atoms with Gasteiger partial charge >= 0.3 is 0 Å². The lowest BCUT2D eigenvalue weighted by Crippen LogP contribution is -2.48. The molecule has 3 rings (SSSR count). The van der Waals surface area contributed by atoms with Crippen molar-refractivity contribution < 1.29 is 14.6 Å². The maximum atomic E-state index is 10.6. The van der Waals surface area contributed by atoms with Crippen molar-refractivity contribution in [2.24, 2.45) is 0 Å². The molecule has 0 aromatic heterocycles. The molecule has 3 unspecified atom stereocenters. The van der Waals surface area contributed by atoms with E-state index in [4.69, 9.17) is 9.47 Å². The van der Waals surface area contributed by atoms with Gasteiger partial charge in [0.05, 0.1) is 12.7 Å². The molecule has 2 heterocycles. The third-order valence-corrected chi connectivity index (χ3v) is 4.34. The highest BCUT2D eigenvalue weighted by Gasteiger charge is 2.35. The summed E-state index contributed by atoms with van der Waals surface area (Å²) in [7, 11) is 0. The molecule has 116 valence electrons. The number of ether oxygens (including phenoxy) is 2. The Kier molecular flexibility index (Phi) is 4.48. The summed E-state index contributed by atoms with van der Waals surface area (Å²) in [6.07, 6.45) is 1.86. The highest BCUT2D eigenvalue weighted by Crippen LogP contribution is 2.30. The molecule has 4 nitrogen and oxygen atoms in total. The normalized spacial score (nSPS) is 27.6. The van der Waals surface area contributed by atoms with Crippen molar-refractivity contribution in [3.05, 3.63) is 29.8 Å². The molecule has 4 heteroatoms. The summed E-state index contributed by atoms with van der Waals surface area (Å²) in [5, 5.41) is 10.6. The second kappa shape index (κ2) is 6.34. The van der Waals surface area contributed by atoms with Gasteiger partial charge in [-0.2, -0.15) is 0 Å². The fourth-order valence-corrected chi connectivity index (χ4v) is 3.29. The topological polar surface area (TPSA) is 41.9 Å². The number of rotatable bonds is 4. The first-order chi connectivity index (χ1) is 10.1. The Morgan fingerprint density at radius 2 is 2.24 bits per heavy atom. The van der Waals surface area contributed by atoms with Crippen LogP contribution in [-0.2, 0) is 4.74 Å². The van der Waals surface area contributed by atoms with Crippen LogP contribution >= 0.6 is 0 Å². The van der Waals surface area contributed by atoms with Crippen molar-refractivity contribution in [1.29, 1.82) is 0 Å². The van der Waals surface area contributed by atoms with Gasteiger partial charge in [0.1, 0.15) is 18.0 Å². The lowest BCUT2D eigenvalue weighted by Gasteiger charge is -2.37. The van der Waals surface area contributed by atoms with Crippen LogP contribution in [0.15, 0.2) is 24.3 Å². The van der Waals surface area contributed by atoms with Crippen molar-refractivity contribution >= 4 is 0 Å². The van der Waals surface area contributed by atoms with Gasteiger partial charge < -0.3 is 14.6 Å². The van der Waals surface area contributed by atoms with E-state index < -0.39 is 6.10 Å². The Bertz CT molecular complexity index is 477. The average Bonchev–Trinajstić information content (AvgIpc) is 2.93. The minimum atomic E-state index is -0.595. The van der Waals surface area contributed by atoms with Crippen LogP contribution in [0, 0.1) is 0 Å². The lowest BCUT2D eigenvalue weighted by molar-refractivity contribution is -0.103. The van der Waals surface area contributed by atoms with E-state index in [1.54, 1.807) is 0 Å². The maximum Gasteiger partial charge on any atom is 0.120 e. The van der Waals surface area contributed by atoms with E-state index in [-0.39, 0.29) is 12.2 Å². The van der Waals surface area contributed by atoms with Crippen LogP contribution < -0.4 is 4.74 Å². The number of aliphatic hydroxyl groups is 1. The number of nitrogens with zero attached hydrogens (tertiary/aromatic N) is 1.